The summed E-state index contributed by atoms with van der Waals surface area (Å²) < 4.78 is 17.9. The van der Waals surface area contributed by atoms with Crippen molar-refractivity contribution < 1.29 is 18.4 Å². The number of hydrogen-bond acceptors (Lipinski definition) is 4. The van der Waals surface area contributed by atoms with E-state index in [1.165, 1.54) is 218 Å². The number of hydrogen-bond donors (Lipinski definition) is 1. The molecular formula is C43H90O4Si. The molecule has 0 aliphatic rings. The van der Waals surface area contributed by atoms with Crippen molar-refractivity contribution in [2.75, 3.05) is 26.4 Å². The molecule has 290 valence electrons. The minimum atomic E-state index is -2.43. The average molecular weight is 699 g/mol. The lowest BCUT2D eigenvalue weighted by Crippen LogP contribution is -2.45. The van der Waals surface area contributed by atoms with Gasteiger partial charge < -0.3 is 18.4 Å². The van der Waals surface area contributed by atoms with E-state index in [1.807, 2.05) is 20.8 Å². The van der Waals surface area contributed by atoms with Crippen LogP contribution in [0.4, 0.5) is 0 Å². The van der Waals surface area contributed by atoms with Crippen molar-refractivity contribution in [3.8, 4) is 0 Å². The normalized spacial score (nSPS) is 12.0. The Morgan fingerprint density at radius 3 is 0.604 bits per heavy atom. The van der Waals surface area contributed by atoms with Crippen LogP contribution in [-0.4, -0.2) is 40.3 Å². The molecule has 0 rings (SSSR count). The maximum Gasteiger partial charge on any atom is 0.500 e. The predicted molar refractivity (Wildman–Crippen MR) is 214 cm³/mol. The van der Waals surface area contributed by atoms with E-state index in [9.17, 15) is 0 Å². The average Bonchev–Trinajstić information content (AvgIpc) is 3.08. The van der Waals surface area contributed by atoms with Crippen LogP contribution < -0.4 is 0 Å². The topological polar surface area (TPSA) is 47.9 Å². The van der Waals surface area contributed by atoms with E-state index in [0.29, 0.717) is 26.4 Å². The lowest BCUT2D eigenvalue weighted by molar-refractivity contribution is 0.0706. The second-order valence-electron chi connectivity index (χ2n) is 14.8. The van der Waals surface area contributed by atoms with Crippen LogP contribution in [0.5, 0.6) is 0 Å². The lowest BCUT2D eigenvalue weighted by Gasteiger charge is -2.28. The van der Waals surface area contributed by atoms with Gasteiger partial charge in [0.1, 0.15) is 0 Å². The Kier molecular flexibility index (Phi) is 41.5. The van der Waals surface area contributed by atoms with Crippen molar-refractivity contribution in [2.24, 2.45) is 0 Å². The summed E-state index contributed by atoms with van der Waals surface area (Å²) in [5.41, 5.74) is 0. The molecule has 0 spiro atoms. The highest BCUT2D eigenvalue weighted by Gasteiger charge is 2.39. The van der Waals surface area contributed by atoms with Crippen LogP contribution in [0.25, 0.3) is 0 Å². The summed E-state index contributed by atoms with van der Waals surface area (Å²) in [4.78, 5) is 0. The van der Waals surface area contributed by atoms with Crippen LogP contribution >= 0.6 is 0 Å². The third-order valence-corrected chi connectivity index (χ3v) is 13.4. The first-order valence-electron chi connectivity index (χ1n) is 22.3. The maximum absolute atomic E-state index is 8.81. The van der Waals surface area contributed by atoms with Crippen molar-refractivity contribution in [2.45, 2.75) is 252 Å². The monoisotopic (exact) mass is 699 g/mol. The molecule has 5 heteroatoms. The summed E-state index contributed by atoms with van der Waals surface area (Å²) in [6.45, 7) is 8.56. The maximum atomic E-state index is 8.81. The molecule has 0 fully saturated rings. The Morgan fingerprint density at radius 2 is 0.438 bits per heavy atom. The second kappa shape index (κ2) is 41.5. The number of rotatable bonds is 43. The van der Waals surface area contributed by atoms with Gasteiger partial charge in [0.2, 0.25) is 0 Å². The molecule has 0 aromatic rings. The van der Waals surface area contributed by atoms with Gasteiger partial charge in [0.15, 0.2) is 0 Å². The van der Waals surface area contributed by atoms with E-state index in [4.69, 9.17) is 18.4 Å². The first kappa shape index (κ1) is 48.1. The molecule has 0 heterocycles. The lowest BCUT2D eigenvalue weighted by atomic mass is 10.0. The van der Waals surface area contributed by atoms with E-state index < -0.39 is 8.80 Å². The molecule has 0 saturated carbocycles. The highest BCUT2D eigenvalue weighted by atomic mass is 28.4. The Hall–Kier alpha value is 0.0569. The van der Waals surface area contributed by atoms with Crippen LogP contribution in [0, 0.1) is 0 Å². The first-order chi connectivity index (χ1) is 23.7. The third-order valence-electron chi connectivity index (χ3n) is 10.2. The highest BCUT2D eigenvalue weighted by Crippen LogP contribution is 2.21. The SMILES string of the molecule is CCO[Si](CCCCCCCCCCCCCCCCCCCCCCCCCCCCCCCCCCCCCO)(OCC)OCC. The standard InChI is InChI=1S/C43H90O4Si/c1-4-45-48(46-5-2,47-6-3)43-41-39-37-35-33-31-29-27-25-23-21-19-17-15-13-11-9-7-8-10-12-14-16-18-20-22-24-26-28-30-32-34-36-38-40-42-44/h44H,4-43H2,1-3H3. The predicted octanol–water partition coefficient (Wildman–Crippen LogP) is 14.7. The van der Waals surface area contributed by atoms with Crippen molar-refractivity contribution in [3.05, 3.63) is 0 Å². The van der Waals surface area contributed by atoms with Crippen LogP contribution in [0.15, 0.2) is 0 Å². The van der Waals surface area contributed by atoms with Gasteiger partial charge in [-0.1, -0.05) is 212 Å². The molecule has 4 nitrogen and oxygen atoms in total. The molecule has 48 heavy (non-hydrogen) atoms. The molecule has 0 bridgehead atoms. The van der Waals surface area contributed by atoms with Gasteiger partial charge in [0.25, 0.3) is 0 Å². The third kappa shape index (κ3) is 35.9. The van der Waals surface area contributed by atoms with Gasteiger partial charge in [-0.3, -0.25) is 0 Å². The van der Waals surface area contributed by atoms with E-state index in [-0.39, 0.29) is 0 Å². The van der Waals surface area contributed by atoms with Crippen LogP contribution in [0.3, 0.4) is 0 Å². The molecule has 0 aromatic carbocycles. The molecule has 0 atom stereocenters. The van der Waals surface area contributed by atoms with Crippen molar-refractivity contribution in [1.82, 2.24) is 0 Å². The zero-order chi connectivity index (χ0) is 34.9. The molecule has 0 aromatic heterocycles. The number of aliphatic hydroxyl groups excluding tert-OH is 1. The van der Waals surface area contributed by atoms with Crippen LogP contribution in [-0.2, 0) is 13.3 Å². The van der Waals surface area contributed by atoms with E-state index >= 15 is 0 Å². The Morgan fingerprint density at radius 1 is 0.271 bits per heavy atom. The molecule has 0 saturated heterocycles. The first-order valence-corrected chi connectivity index (χ1v) is 24.2. The molecule has 0 radical (unpaired) electrons. The zero-order valence-electron chi connectivity index (χ0n) is 33.5. The fraction of sp³-hybridized carbons (Fsp3) is 1.00. The van der Waals surface area contributed by atoms with Gasteiger partial charge in [-0.15, -0.1) is 0 Å². The summed E-state index contributed by atoms with van der Waals surface area (Å²) >= 11 is 0. The van der Waals surface area contributed by atoms with Gasteiger partial charge in [-0.2, -0.15) is 0 Å². The second-order valence-corrected chi connectivity index (χ2v) is 17.6. The van der Waals surface area contributed by atoms with Crippen molar-refractivity contribution >= 4 is 8.80 Å². The van der Waals surface area contributed by atoms with Crippen LogP contribution in [0.2, 0.25) is 6.04 Å². The summed E-state index contributed by atoms with van der Waals surface area (Å²) in [6, 6.07) is 0.972. The molecule has 0 aliphatic carbocycles. The summed E-state index contributed by atoms with van der Waals surface area (Å²) in [5, 5.41) is 8.81. The molecule has 0 amide bonds. The van der Waals surface area contributed by atoms with Gasteiger partial charge in [0.05, 0.1) is 0 Å². The molecule has 0 aliphatic heterocycles. The van der Waals surface area contributed by atoms with Gasteiger partial charge in [0, 0.05) is 32.5 Å². The Bertz CT molecular complexity index is 558. The van der Waals surface area contributed by atoms with E-state index in [0.717, 1.165) is 12.5 Å². The Balaban J connectivity index is 3.21. The van der Waals surface area contributed by atoms with Crippen molar-refractivity contribution in [3.63, 3.8) is 0 Å². The summed E-state index contributed by atoms with van der Waals surface area (Å²) in [7, 11) is -2.43. The van der Waals surface area contributed by atoms with Crippen molar-refractivity contribution in [1.29, 1.82) is 0 Å². The van der Waals surface area contributed by atoms with Gasteiger partial charge in [-0.25, -0.2) is 0 Å². The van der Waals surface area contributed by atoms with Crippen LogP contribution in [0.1, 0.15) is 245 Å². The van der Waals surface area contributed by atoms with Gasteiger partial charge in [-0.05, 0) is 33.6 Å². The summed E-state index contributed by atoms with van der Waals surface area (Å²) in [6.07, 6.45) is 49.4. The molecule has 0 unspecified atom stereocenters. The number of aliphatic hydroxyl groups is 1. The number of unbranched alkanes of at least 4 members (excludes halogenated alkanes) is 34. The smallest absolute Gasteiger partial charge is 0.396 e. The fourth-order valence-corrected chi connectivity index (χ4v) is 9.97. The minimum absolute atomic E-state index is 0.371. The largest absolute Gasteiger partial charge is 0.500 e. The summed E-state index contributed by atoms with van der Waals surface area (Å²) in [5.74, 6) is 0. The van der Waals surface area contributed by atoms with E-state index in [2.05, 4.69) is 0 Å². The zero-order valence-corrected chi connectivity index (χ0v) is 34.5. The molecule has 1 N–H and O–H groups in total. The molecular weight excluding hydrogens is 609 g/mol. The van der Waals surface area contributed by atoms with E-state index in [1.54, 1.807) is 0 Å². The highest BCUT2D eigenvalue weighted by molar-refractivity contribution is 6.60. The van der Waals surface area contributed by atoms with Gasteiger partial charge >= 0.3 is 8.80 Å². The Labute approximate surface area is 304 Å². The quantitative estimate of drug-likeness (QED) is 0.0509. The fourth-order valence-electron chi connectivity index (χ4n) is 7.29. The minimum Gasteiger partial charge on any atom is -0.396 e.